The predicted molar refractivity (Wildman–Crippen MR) is 417 cm³/mol. The summed E-state index contributed by atoms with van der Waals surface area (Å²) < 4.78 is 154. The van der Waals surface area contributed by atoms with Crippen molar-refractivity contribution in [3.05, 3.63) is 161 Å². The van der Waals surface area contributed by atoms with Gasteiger partial charge in [0, 0.05) is 18.6 Å². The molecular weight excluding hydrogens is 1630 g/mol. The largest absolute Gasteiger partial charge is 0.463 e. The molecule has 0 amide bonds. The third-order valence-electron chi connectivity index (χ3n) is 17.6. The Labute approximate surface area is 672 Å². The summed E-state index contributed by atoms with van der Waals surface area (Å²) in [7, 11) is -12.3. The molecule has 0 radical (unpaired) electrons. The number of halogens is 6. The topological polar surface area (TPSA) is 437 Å². The first-order valence-corrected chi connectivity index (χ1v) is 42.3. The first-order chi connectivity index (χ1) is 53.4. The zero-order valence-corrected chi connectivity index (χ0v) is 69.4. The fourth-order valence-corrected chi connectivity index (χ4v) is 19.2. The summed E-state index contributed by atoms with van der Waals surface area (Å²) in [6.45, 7) is 19.1. The third-order valence-corrected chi connectivity index (χ3v) is 25.6. The van der Waals surface area contributed by atoms with E-state index in [1.54, 1.807) is 139 Å². The number of nitrogens with two attached hydrogens (primary N) is 3. The van der Waals surface area contributed by atoms with Gasteiger partial charge in [-0.25, -0.2) is 41.4 Å². The second-order valence-corrected chi connectivity index (χ2v) is 36.4. The predicted octanol–water partition coefficient (Wildman–Crippen LogP) is 10.5. The molecule has 630 valence electrons. The van der Waals surface area contributed by atoms with Crippen LogP contribution >= 0.6 is 57.6 Å². The molecule has 0 bridgehead atoms. The molecule has 2 aromatic heterocycles. The summed E-state index contributed by atoms with van der Waals surface area (Å²) in [6, 6.07) is 27.2. The number of anilines is 2. The van der Waals surface area contributed by atoms with Crippen LogP contribution in [0, 0.1) is 17.8 Å². The molecule has 32 nitrogen and oxygen atoms in total. The third kappa shape index (κ3) is 23.7. The van der Waals surface area contributed by atoms with E-state index in [2.05, 4.69) is 21.5 Å². The van der Waals surface area contributed by atoms with Gasteiger partial charge in [0.2, 0.25) is 0 Å². The molecule has 21 atom stereocenters. The van der Waals surface area contributed by atoms with Crippen LogP contribution in [0.2, 0.25) is 0 Å². The van der Waals surface area contributed by atoms with E-state index in [1.165, 1.54) is 76.3 Å². The molecule has 4 aliphatic heterocycles. The smallest absolute Gasteiger partial charge is 0.380 e. The molecule has 9 rings (SSSR count). The second-order valence-electron chi connectivity index (χ2n) is 28.3. The molecule has 9 N–H and O–H groups in total. The Kier molecular flexibility index (Phi) is 33.0. The van der Waals surface area contributed by atoms with E-state index in [1.807, 2.05) is 0 Å². The zero-order valence-electron chi connectivity index (χ0n) is 64.5. The number of esters is 3. The monoisotopic (exact) mass is 1720 g/mol. The van der Waals surface area contributed by atoms with Crippen molar-refractivity contribution >= 4 is 93.0 Å². The van der Waals surface area contributed by atoms with Crippen LogP contribution < -0.4 is 42.2 Å². The van der Waals surface area contributed by atoms with Gasteiger partial charge in [-0.05, 0) is 117 Å². The number of para-hydroxylation sites is 3. The molecular formula is C73H98Cl3F3N9O23P3. The fraction of sp³-hybridized carbons (Fsp3) is 0.534. The van der Waals surface area contributed by atoms with Gasteiger partial charge < -0.3 is 79.4 Å². The molecule has 4 aliphatic rings. The number of aliphatic hydroxyl groups is 3. The molecule has 5 aromatic rings. The molecule has 3 aromatic carbocycles. The Morgan fingerprint density at radius 2 is 0.781 bits per heavy atom. The Morgan fingerprint density at radius 3 is 1.04 bits per heavy atom. The maximum absolute atomic E-state index is 14.3. The molecule has 0 saturated carbocycles. The van der Waals surface area contributed by atoms with Crippen molar-refractivity contribution in [2.24, 2.45) is 28.5 Å². The van der Waals surface area contributed by atoms with Gasteiger partial charge in [0.05, 0.1) is 72.9 Å². The van der Waals surface area contributed by atoms with E-state index < -0.39 is 178 Å². The van der Waals surface area contributed by atoms with Gasteiger partial charge in [-0.3, -0.25) is 37.1 Å². The number of benzene rings is 3. The van der Waals surface area contributed by atoms with Crippen molar-refractivity contribution < 1.29 is 112 Å². The van der Waals surface area contributed by atoms with Gasteiger partial charge in [-0.1, -0.05) is 81.9 Å². The quantitative estimate of drug-likeness (QED) is 0.00983. The summed E-state index contributed by atoms with van der Waals surface area (Å²) in [5.74, 6) is -3.51. The SMILES string of the molecule is C=C1N=C(N)C=CN1[C@@H]1O[C@H]([C@@H](C)O[P@](=O)(C[C@@H](C)C(=O)OC(C)C)Oc2ccccc2)[C@H](O)C1(Cl)CF.CC(C)OC(=O)[C@H](C)CP(=O)(Oc1ccccc1)O[C@H](C)[C@H]1O[C@@H](n2ccc(N)nc2=O)C(Cl)(CF)[C@H]1O.CC(C)OC(=O)[C@H](C)C[P@@](=O)(Oc1ccccc1)O[C@H](C)[C@H]1O[C@@H](n2ccc(N)nc2=O)C(Cl)(CF)[C@H]1O. The Morgan fingerprint density at radius 1 is 0.500 bits per heavy atom. The minimum absolute atomic E-state index is 0.0671. The van der Waals surface area contributed by atoms with Crippen LogP contribution in [0.1, 0.15) is 95.5 Å². The number of aliphatic imine (C=N–C) groups is 1. The normalized spacial score (nSPS) is 27.2. The number of amidine groups is 1. The van der Waals surface area contributed by atoms with Crippen molar-refractivity contribution in [1.29, 1.82) is 0 Å². The van der Waals surface area contributed by atoms with Crippen molar-refractivity contribution in [1.82, 2.24) is 24.0 Å². The summed E-state index contributed by atoms with van der Waals surface area (Å²) in [4.78, 5) is 68.6. The number of ether oxygens (including phenoxy) is 6. The van der Waals surface area contributed by atoms with E-state index in [-0.39, 0.29) is 77.3 Å². The van der Waals surface area contributed by atoms with Crippen LogP contribution in [0.5, 0.6) is 17.2 Å². The number of carbonyl (C=O) groups excluding carboxylic acids is 3. The number of hydrogen-bond donors (Lipinski definition) is 6. The van der Waals surface area contributed by atoms with E-state index in [4.69, 9.17) is 108 Å². The van der Waals surface area contributed by atoms with Gasteiger partial charge in [-0.15, -0.1) is 34.8 Å². The number of hydrogen-bond acceptors (Lipinski definition) is 30. The average Bonchev–Trinajstić information content (AvgIpc) is 1.61. The number of rotatable bonds is 33. The summed E-state index contributed by atoms with van der Waals surface area (Å²) in [5.41, 5.74) is 15.0. The molecule has 6 heterocycles. The molecule has 114 heavy (non-hydrogen) atoms. The van der Waals surface area contributed by atoms with E-state index >= 15 is 0 Å². The molecule has 41 heteroatoms. The van der Waals surface area contributed by atoms with Gasteiger partial charge in [0.1, 0.15) is 112 Å². The number of alkyl halides is 6. The Bertz CT molecular complexity index is 4240. The van der Waals surface area contributed by atoms with Crippen molar-refractivity contribution in [2.75, 3.05) is 50.0 Å². The van der Waals surface area contributed by atoms with Gasteiger partial charge in [-0.2, -0.15) is 9.97 Å². The molecule has 0 spiro atoms. The zero-order chi connectivity index (χ0) is 84.8. The highest BCUT2D eigenvalue weighted by Gasteiger charge is 2.63. The first kappa shape index (κ1) is 93.7. The van der Waals surface area contributed by atoms with Crippen LogP contribution in [0.25, 0.3) is 0 Å². The van der Waals surface area contributed by atoms with Crippen LogP contribution in [-0.2, 0) is 70.1 Å². The lowest BCUT2D eigenvalue weighted by Crippen LogP contribution is -2.51. The Balaban J connectivity index is 0.000000237. The van der Waals surface area contributed by atoms with E-state index in [9.17, 15) is 66.2 Å². The summed E-state index contributed by atoms with van der Waals surface area (Å²) in [6.07, 6.45) is -13.5. The van der Waals surface area contributed by atoms with Crippen molar-refractivity contribution in [3.63, 3.8) is 0 Å². The minimum atomic E-state index is -4.11. The first-order valence-electron chi connectivity index (χ1n) is 36.0. The van der Waals surface area contributed by atoms with Gasteiger partial charge in [0.25, 0.3) is 0 Å². The maximum Gasteiger partial charge on any atom is 0.380 e. The number of carbonyl (C=O) groups is 3. The average molecular weight is 1730 g/mol. The van der Waals surface area contributed by atoms with Crippen LogP contribution in [-0.4, -0.2) is 196 Å². The fourth-order valence-electron chi connectivity index (χ4n) is 12.0. The number of nitrogen functional groups attached to an aromatic ring is 2. The minimum Gasteiger partial charge on any atom is -0.463 e. The lowest BCUT2D eigenvalue weighted by Gasteiger charge is -2.35. The van der Waals surface area contributed by atoms with Crippen LogP contribution in [0.4, 0.5) is 24.8 Å². The molecule has 0 aliphatic carbocycles. The summed E-state index contributed by atoms with van der Waals surface area (Å²) in [5, 5.41) is 33.0. The lowest BCUT2D eigenvalue weighted by atomic mass is 9.97. The highest BCUT2D eigenvalue weighted by molar-refractivity contribution is 7.55. The van der Waals surface area contributed by atoms with E-state index in [0.29, 0.717) is 0 Å². The van der Waals surface area contributed by atoms with Crippen molar-refractivity contribution in [3.8, 4) is 17.2 Å². The van der Waals surface area contributed by atoms with Crippen LogP contribution in [0.15, 0.2) is 155 Å². The van der Waals surface area contributed by atoms with Gasteiger partial charge in [0.15, 0.2) is 18.7 Å². The van der Waals surface area contributed by atoms with Crippen LogP contribution in [0.3, 0.4) is 0 Å². The number of nitrogens with zero attached hydrogens (tertiary/aromatic N) is 6. The highest BCUT2D eigenvalue weighted by atomic mass is 35.5. The second kappa shape index (κ2) is 40.1. The summed E-state index contributed by atoms with van der Waals surface area (Å²) >= 11 is 19.4. The number of aliphatic hydroxyl groups excluding tert-OH is 3. The molecule has 4 unspecified atom stereocenters. The molecule has 3 fully saturated rings. The standard InChI is InChI=1S/C25H34ClFN3O7P.2C24H32ClFN3O8P/c1-15(2)34-23(32)16(3)13-38(33,37-19-9-7-6-8-10-19)36-17(4)21-22(31)25(26,14-27)24(35-21)30-12-11-20(28)29-18(30)5;2*1-14(2)34-21(31)15(3)12-38(33,37-17-8-6-5-7-9-17)36-16(4)19-20(30)24(25,13-26)22(35-19)29-11-10-18(27)28-23(29)32/h6-12,15-17,21-22,24,31H,5,13-14H2,1-4H3,(H2,28,29);2*5-11,14-16,19-20,22,30H,12-13H2,1-4H3,(H2,27,28,32)/t16-,17-,21-,22+,24-,25?,38-;15-,16-,19-,20+,22-,24?,38?;15-,16-,19-,20+,22-,24?,38+/m111/s1. The lowest BCUT2D eigenvalue weighted by molar-refractivity contribution is -0.152. The van der Waals surface area contributed by atoms with Crippen molar-refractivity contribution in [2.45, 2.75) is 190 Å². The molecule has 3 saturated heterocycles. The van der Waals surface area contributed by atoms with Gasteiger partial charge >= 0.3 is 52.1 Å². The highest BCUT2D eigenvalue weighted by Crippen LogP contribution is 2.57. The van der Waals surface area contributed by atoms with E-state index in [0.717, 1.165) is 9.13 Å². The Hall–Kier alpha value is -7.43. The number of aromatic nitrogens is 4. The maximum atomic E-state index is 14.3.